The second-order valence-corrected chi connectivity index (χ2v) is 8.43. The molecular formula is C17H24N2OS. The normalized spacial score (nSPS) is 28.8. The fourth-order valence-electron chi connectivity index (χ4n) is 4.30. The molecule has 1 spiro atoms. The Kier molecular flexibility index (Phi) is 2.99. The molecule has 1 N–H and O–H groups in total. The van der Waals surface area contributed by atoms with Gasteiger partial charge in [-0.15, -0.1) is 11.3 Å². The highest BCUT2D eigenvalue weighted by Gasteiger charge is 2.58. The first-order valence-corrected chi connectivity index (χ1v) is 9.07. The van der Waals surface area contributed by atoms with Crippen molar-refractivity contribution < 1.29 is 4.79 Å². The van der Waals surface area contributed by atoms with Crippen molar-refractivity contribution in [1.82, 2.24) is 10.2 Å². The zero-order valence-corrected chi connectivity index (χ0v) is 13.7. The molecule has 3 nitrogen and oxygen atoms in total. The second kappa shape index (κ2) is 4.56. The maximum absolute atomic E-state index is 13.3. The van der Waals surface area contributed by atoms with Crippen molar-refractivity contribution in [2.75, 3.05) is 0 Å². The van der Waals surface area contributed by atoms with Crippen LogP contribution in [-0.2, 0) is 4.79 Å². The molecule has 2 aliphatic carbocycles. The molecule has 1 aromatic heterocycles. The Morgan fingerprint density at radius 3 is 2.62 bits per heavy atom. The molecule has 1 amide bonds. The summed E-state index contributed by atoms with van der Waals surface area (Å²) in [4.78, 5) is 16.8. The first kappa shape index (κ1) is 13.8. The van der Waals surface area contributed by atoms with Crippen LogP contribution in [0.4, 0.5) is 0 Å². The Balaban J connectivity index is 1.74. The summed E-state index contributed by atoms with van der Waals surface area (Å²) >= 11 is 1.76. The predicted molar refractivity (Wildman–Crippen MR) is 85.0 cm³/mol. The van der Waals surface area contributed by atoms with Crippen LogP contribution in [0.1, 0.15) is 63.4 Å². The molecule has 1 unspecified atom stereocenters. The summed E-state index contributed by atoms with van der Waals surface area (Å²) in [6.07, 6.45) is 6.96. The van der Waals surface area contributed by atoms with Crippen molar-refractivity contribution in [3.63, 3.8) is 0 Å². The van der Waals surface area contributed by atoms with E-state index in [-0.39, 0.29) is 17.2 Å². The van der Waals surface area contributed by atoms with Gasteiger partial charge in [-0.3, -0.25) is 10.1 Å². The number of carbonyl (C=O) groups is 1. The van der Waals surface area contributed by atoms with Crippen LogP contribution in [0.25, 0.3) is 0 Å². The largest absolute Gasteiger partial charge is 0.315 e. The predicted octanol–water partition coefficient (Wildman–Crippen LogP) is 3.68. The van der Waals surface area contributed by atoms with Gasteiger partial charge in [-0.05, 0) is 56.9 Å². The third-order valence-electron chi connectivity index (χ3n) is 5.77. The molecule has 21 heavy (non-hydrogen) atoms. The molecule has 3 fully saturated rings. The number of nitrogens with zero attached hydrogens (tertiary/aromatic N) is 1. The number of hydrogen-bond acceptors (Lipinski definition) is 3. The molecule has 4 heteroatoms. The third-order valence-corrected chi connectivity index (χ3v) is 6.69. The van der Waals surface area contributed by atoms with E-state index >= 15 is 0 Å². The van der Waals surface area contributed by atoms with Gasteiger partial charge < -0.3 is 4.90 Å². The van der Waals surface area contributed by atoms with Crippen molar-refractivity contribution in [2.24, 2.45) is 5.92 Å². The molecule has 3 aliphatic rings. The van der Waals surface area contributed by atoms with Gasteiger partial charge in [-0.2, -0.15) is 0 Å². The van der Waals surface area contributed by atoms with E-state index in [0.717, 1.165) is 12.8 Å². The van der Waals surface area contributed by atoms with Crippen LogP contribution in [0, 0.1) is 5.92 Å². The lowest BCUT2D eigenvalue weighted by Gasteiger charge is -2.39. The van der Waals surface area contributed by atoms with Gasteiger partial charge >= 0.3 is 0 Å². The highest BCUT2D eigenvalue weighted by Crippen LogP contribution is 2.51. The summed E-state index contributed by atoms with van der Waals surface area (Å²) in [5.41, 5.74) is -0.314. The minimum absolute atomic E-state index is 0.0369. The minimum Gasteiger partial charge on any atom is -0.315 e. The quantitative estimate of drug-likeness (QED) is 0.924. The standard InChI is InChI=1S/C17H24N2OS/c1-16(2,12-7-8-12)19-14(13-6-5-11-21-13)18-17(15(19)20)9-3-4-10-17/h5-6,11-12,14,18H,3-4,7-10H2,1-2H3. The van der Waals surface area contributed by atoms with Crippen molar-refractivity contribution >= 4 is 17.2 Å². The molecule has 114 valence electrons. The number of hydrogen-bond donors (Lipinski definition) is 1. The van der Waals surface area contributed by atoms with Crippen molar-refractivity contribution in [3.8, 4) is 0 Å². The van der Waals surface area contributed by atoms with Gasteiger partial charge in [0.2, 0.25) is 5.91 Å². The average molecular weight is 304 g/mol. The van der Waals surface area contributed by atoms with Gasteiger partial charge in [0.05, 0.1) is 5.54 Å². The number of nitrogens with one attached hydrogen (secondary N) is 1. The molecule has 1 aromatic rings. The molecular weight excluding hydrogens is 280 g/mol. The minimum atomic E-state index is -0.277. The van der Waals surface area contributed by atoms with Gasteiger partial charge in [-0.25, -0.2) is 0 Å². The Labute approximate surface area is 130 Å². The molecule has 1 saturated heterocycles. The van der Waals surface area contributed by atoms with Gasteiger partial charge in [0.25, 0.3) is 0 Å². The van der Waals surface area contributed by atoms with E-state index in [9.17, 15) is 4.79 Å². The Hall–Kier alpha value is -0.870. The third kappa shape index (κ3) is 1.99. The highest BCUT2D eigenvalue weighted by molar-refractivity contribution is 7.10. The summed E-state index contributed by atoms with van der Waals surface area (Å²) in [5, 5.41) is 5.86. The van der Waals surface area contributed by atoms with Gasteiger partial charge in [0, 0.05) is 10.4 Å². The van der Waals surface area contributed by atoms with E-state index in [4.69, 9.17) is 0 Å². The molecule has 4 rings (SSSR count). The number of thiophene rings is 1. The van der Waals surface area contributed by atoms with Crippen LogP contribution in [0.3, 0.4) is 0 Å². The highest BCUT2D eigenvalue weighted by atomic mass is 32.1. The van der Waals surface area contributed by atoms with Crippen LogP contribution < -0.4 is 5.32 Å². The second-order valence-electron chi connectivity index (χ2n) is 7.45. The van der Waals surface area contributed by atoms with Gasteiger partial charge in [0.15, 0.2) is 0 Å². The first-order chi connectivity index (χ1) is 10.0. The summed E-state index contributed by atoms with van der Waals surface area (Å²) in [5.74, 6) is 1.03. The smallest absolute Gasteiger partial charge is 0.244 e. The Morgan fingerprint density at radius 2 is 2.05 bits per heavy atom. The fourth-order valence-corrected chi connectivity index (χ4v) is 5.06. The molecule has 1 aliphatic heterocycles. The van der Waals surface area contributed by atoms with E-state index in [1.54, 1.807) is 11.3 Å². The van der Waals surface area contributed by atoms with E-state index in [2.05, 4.69) is 41.6 Å². The summed E-state index contributed by atoms with van der Waals surface area (Å²) < 4.78 is 0. The zero-order valence-electron chi connectivity index (χ0n) is 12.9. The Bertz CT molecular complexity index is 541. The number of rotatable bonds is 3. The van der Waals surface area contributed by atoms with Crippen LogP contribution in [-0.4, -0.2) is 21.9 Å². The van der Waals surface area contributed by atoms with Crippen molar-refractivity contribution in [3.05, 3.63) is 22.4 Å². The molecule has 0 bridgehead atoms. The first-order valence-electron chi connectivity index (χ1n) is 8.19. The lowest BCUT2D eigenvalue weighted by atomic mass is 9.92. The van der Waals surface area contributed by atoms with E-state index in [1.165, 1.54) is 30.6 Å². The van der Waals surface area contributed by atoms with Crippen LogP contribution in [0.2, 0.25) is 0 Å². The summed E-state index contributed by atoms with van der Waals surface area (Å²) in [7, 11) is 0. The summed E-state index contributed by atoms with van der Waals surface area (Å²) in [6.45, 7) is 4.53. The van der Waals surface area contributed by atoms with Crippen LogP contribution >= 0.6 is 11.3 Å². The summed E-state index contributed by atoms with van der Waals surface area (Å²) in [6, 6.07) is 4.26. The topological polar surface area (TPSA) is 32.3 Å². The van der Waals surface area contributed by atoms with E-state index < -0.39 is 0 Å². The molecule has 0 aromatic carbocycles. The van der Waals surface area contributed by atoms with Crippen molar-refractivity contribution in [1.29, 1.82) is 0 Å². The lowest BCUT2D eigenvalue weighted by Crippen LogP contribution is -2.51. The fraction of sp³-hybridized carbons (Fsp3) is 0.706. The van der Waals surface area contributed by atoms with Crippen molar-refractivity contribution in [2.45, 2.75) is 69.6 Å². The van der Waals surface area contributed by atoms with Gasteiger partial charge in [-0.1, -0.05) is 18.9 Å². The lowest BCUT2D eigenvalue weighted by molar-refractivity contribution is -0.139. The van der Waals surface area contributed by atoms with Crippen LogP contribution in [0.5, 0.6) is 0 Å². The Morgan fingerprint density at radius 1 is 1.33 bits per heavy atom. The van der Waals surface area contributed by atoms with E-state index in [0.29, 0.717) is 11.8 Å². The SMILES string of the molecule is CC(C)(C1CC1)N1C(=O)C2(CCCC2)NC1c1cccs1. The van der Waals surface area contributed by atoms with Crippen LogP contribution in [0.15, 0.2) is 17.5 Å². The van der Waals surface area contributed by atoms with E-state index in [1.807, 2.05) is 0 Å². The maximum atomic E-state index is 13.3. The molecule has 1 atom stereocenters. The monoisotopic (exact) mass is 304 g/mol. The average Bonchev–Trinajstić information content (AvgIpc) is 2.89. The maximum Gasteiger partial charge on any atom is 0.244 e. The zero-order chi connectivity index (χ0) is 14.7. The molecule has 0 radical (unpaired) electrons. The number of amides is 1. The molecule has 2 heterocycles. The van der Waals surface area contributed by atoms with Gasteiger partial charge in [0.1, 0.15) is 6.17 Å². The molecule has 2 saturated carbocycles. The number of carbonyl (C=O) groups excluding carboxylic acids is 1.